The molecule has 0 radical (unpaired) electrons. The molecule has 2 aliphatic heterocycles. The summed E-state index contributed by atoms with van der Waals surface area (Å²) >= 11 is 0. The van der Waals surface area contributed by atoms with Crippen LogP contribution in [0, 0.1) is 0 Å². The number of pyridine rings is 1. The van der Waals surface area contributed by atoms with Crippen molar-refractivity contribution in [3.05, 3.63) is 23.4 Å². The molecule has 1 saturated heterocycles. The number of nitrogens with one attached hydrogen (secondary N) is 1. The van der Waals surface area contributed by atoms with Crippen molar-refractivity contribution in [3.63, 3.8) is 0 Å². The Hall–Kier alpha value is -1.13. The average molecular weight is 205 g/mol. The quantitative estimate of drug-likeness (QED) is 0.657. The Balaban J connectivity index is 2.05. The Morgan fingerprint density at radius 1 is 1.40 bits per heavy atom. The minimum Gasteiger partial charge on any atom is -0.384 e. The number of nitrogens with two attached hydrogens (primary N) is 1. The van der Waals surface area contributed by atoms with Crippen molar-refractivity contribution in [2.45, 2.75) is 25.0 Å². The van der Waals surface area contributed by atoms with Gasteiger partial charge in [-0.05, 0) is 37.6 Å². The van der Waals surface area contributed by atoms with Gasteiger partial charge in [-0.1, -0.05) is 0 Å². The summed E-state index contributed by atoms with van der Waals surface area (Å²) in [5, 5.41) is 3.35. The van der Waals surface area contributed by atoms with E-state index in [1.165, 1.54) is 11.1 Å². The van der Waals surface area contributed by atoms with E-state index in [4.69, 9.17) is 10.5 Å². The van der Waals surface area contributed by atoms with Crippen molar-refractivity contribution >= 4 is 5.82 Å². The van der Waals surface area contributed by atoms with E-state index in [2.05, 4.69) is 10.3 Å². The highest BCUT2D eigenvalue weighted by molar-refractivity contribution is 5.42. The van der Waals surface area contributed by atoms with Gasteiger partial charge >= 0.3 is 0 Å². The van der Waals surface area contributed by atoms with E-state index in [0.29, 0.717) is 12.4 Å². The monoisotopic (exact) mass is 205 g/mol. The Morgan fingerprint density at radius 2 is 2.20 bits per heavy atom. The molecule has 4 nitrogen and oxygen atoms in total. The minimum atomic E-state index is -0.0857. The van der Waals surface area contributed by atoms with E-state index in [0.717, 1.165) is 25.9 Å². The lowest BCUT2D eigenvalue weighted by Gasteiger charge is -2.33. The molecule has 1 fully saturated rings. The molecule has 0 aliphatic carbocycles. The van der Waals surface area contributed by atoms with Crippen LogP contribution in [0.15, 0.2) is 12.3 Å². The van der Waals surface area contributed by atoms with Gasteiger partial charge in [0.2, 0.25) is 0 Å². The number of fused-ring (bicyclic) bond motifs is 2. The Kier molecular flexibility index (Phi) is 1.94. The van der Waals surface area contributed by atoms with E-state index in [-0.39, 0.29) is 5.60 Å². The summed E-state index contributed by atoms with van der Waals surface area (Å²) in [6, 6.07) is 1.98. The number of aromatic nitrogens is 1. The minimum absolute atomic E-state index is 0.0857. The molecule has 4 heteroatoms. The number of hydrogen-bond acceptors (Lipinski definition) is 4. The second-order valence-electron chi connectivity index (χ2n) is 4.30. The van der Waals surface area contributed by atoms with Gasteiger partial charge in [0.25, 0.3) is 0 Å². The van der Waals surface area contributed by atoms with Crippen LogP contribution in [-0.4, -0.2) is 18.1 Å². The molecule has 15 heavy (non-hydrogen) atoms. The predicted molar refractivity (Wildman–Crippen MR) is 57.2 cm³/mol. The molecule has 1 aromatic heterocycles. The first-order valence-corrected chi connectivity index (χ1v) is 5.40. The molecule has 3 N–H and O–H groups in total. The molecular weight excluding hydrogens is 190 g/mol. The molecule has 80 valence electrons. The number of nitrogen functional groups attached to an aromatic ring is 1. The summed E-state index contributed by atoms with van der Waals surface area (Å²) in [5.41, 5.74) is 8.11. The zero-order chi connectivity index (χ0) is 10.3. The maximum Gasteiger partial charge on any atom is 0.123 e. The molecule has 0 aromatic carbocycles. The van der Waals surface area contributed by atoms with Crippen LogP contribution in [0.25, 0.3) is 0 Å². The van der Waals surface area contributed by atoms with Crippen LogP contribution >= 0.6 is 0 Å². The second-order valence-corrected chi connectivity index (χ2v) is 4.30. The molecule has 0 unspecified atom stereocenters. The molecule has 0 bridgehead atoms. The van der Waals surface area contributed by atoms with E-state index in [9.17, 15) is 0 Å². The number of ether oxygens (including phenoxy) is 1. The first-order valence-electron chi connectivity index (χ1n) is 5.40. The van der Waals surface area contributed by atoms with Crippen molar-refractivity contribution in [2.75, 3.05) is 18.8 Å². The van der Waals surface area contributed by atoms with Crippen molar-refractivity contribution in [3.8, 4) is 0 Å². The van der Waals surface area contributed by atoms with E-state index in [1.807, 2.05) is 12.3 Å². The third-order valence-corrected chi connectivity index (χ3v) is 3.41. The van der Waals surface area contributed by atoms with Gasteiger partial charge < -0.3 is 15.8 Å². The van der Waals surface area contributed by atoms with Crippen molar-refractivity contribution in [1.29, 1.82) is 0 Å². The summed E-state index contributed by atoms with van der Waals surface area (Å²) in [5.74, 6) is 0.595. The molecular formula is C11H15N3O. The topological polar surface area (TPSA) is 60.2 Å². The number of hydrogen-bond donors (Lipinski definition) is 2. The molecule has 3 rings (SSSR count). The van der Waals surface area contributed by atoms with Gasteiger partial charge in [0.15, 0.2) is 0 Å². The highest BCUT2D eigenvalue weighted by atomic mass is 16.5. The molecule has 2 aliphatic rings. The van der Waals surface area contributed by atoms with E-state index < -0.39 is 0 Å². The van der Waals surface area contributed by atoms with E-state index >= 15 is 0 Å². The maximum atomic E-state index is 5.97. The van der Waals surface area contributed by atoms with Crippen LogP contribution in [0.5, 0.6) is 0 Å². The standard InChI is InChI=1S/C11H15N3O/c12-10-5-9-8(6-14-10)7-15-11(9)1-3-13-4-2-11/h5-6,13H,1-4,7H2,(H2,12,14). The smallest absolute Gasteiger partial charge is 0.123 e. The Labute approximate surface area is 88.8 Å². The van der Waals surface area contributed by atoms with Gasteiger partial charge in [-0.15, -0.1) is 0 Å². The van der Waals surface area contributed by atoms with Crippen LogP contribution in [0.4, 0.5) is 5.82 Å². The number of nitrogens with zero attached hydrogens (tertiary/aromatic N) is 1. The summed E-state index contributed by atoms with van der Waals surface area (Å²) in [7, 11) is 0. The van der Waals surface area contributed by atoms with Gasteiger partial charge in [0.1, 0.15) is 5.82 Å². The average Bonchev–Trinajstić information content (AvgIpc) is 2.59. The van der Waals surface area contributed by atoms with Crippen LogP contribution < -0.4 is 11.1 Å². The van der Waals surface area contributed by atoms with E-state index in [1.54, 1.807) is 0 Å². The molecule has 1 spiro atoms. The summed E-state index contributed by atoms with van der Waals surface area (Å²) < 4.78 is 5.97. The largest absolute Gasteiger partial charge is 0.384 e. The lowest BCUT2D eigenvalue weighted by Crippen LogP contribution is -2.39. The molecule has 0 atom stereocenters. The normalized spacial score (nSPS) is 22.9. The van der Waals surface area contributed by atoms with Crippen LogP contribution in [0.2, 0.25) is 0 Å². The molecule has 0 amide bonds. The fourth-order valence-electron chi connectivity index (χ4n) is 2.58. The van der Waals surface area contributed by atoms with Gasteiger partial charge in [-0.25, -0.2) is 4.98 Å². The van der Waals surface area contributed by atoms with Crippen molar-refractivity contribution < 1.29 is 4.74 Å². The number of piperidine rings is 1. The third-order valence-electron chi connectivity index (χ3n) is 3.41. The van der Waals surface area contributed by atoms with Crippen LogP contribution in [0.3, 0.4) is 0 Å². The summed E-state index contributed by atoms with van der Waals surface area (Å²) in [6.07, 6.45) is 3.91. The third kappa shape index (κ3) is 1.33. The molecule has 3 heterocycles. The lowest BCUT2D eigenvalue weighted by atomic mass is 9.85. The molecule has 0 saturated carbocycles. The fourth-order valence-corrected chi connectivity index (χ4v) is 2.58. The Morgan fingerprint density at radius 3 is 3.00 bits per heavy atom. The first-order chi connectivity index (χ1) is 7.30. The first kappa shape index (κ1) is 9.12. The summed E-state index contributed by atoms with van der Waals surface area (Å²) in [6.45, 7) is 2.71. The van der Waals surface area contributed by atoms with Gasteiger partial charge in [-0.2, -0.15) is 0 Å². The fraction of sp³-hybridized carbons (Fsp3) is 0.545. The zero-order valence-corrected chi connectivity index (χ0v) is 8.62. The Bertz CT molecular complexity index is 380. The van der Waals surface area contributed by atoms with Gasteiger partial charge in [0.05, 0.1) is 12.2 Å². The predicted octanol–water partition coefficient (Wildman–Crippen LogP) is 0.773. The zero-order valence-electron chi connectivity index (χ0n) is 8.62. The van der Waals surface area contributed by atoms with Crippen LogP contribution in [0.1, 0.15) is 24.0 Å². The van der Waals surface area contributed by atoms with Gasteiger partial charge in [-0.3, -0.25) is 0 Å². The van der Waals surface area contributed by atoms with Crippen LogP contribution in [-0.2, 0) is 16.9 Å². The highest BCUT2D eigenvalue weighted by Gasteiger charge is 2.41. The number of rotatable bonds is 0. The highest BCUT2D eigenvalue weighted by Crippen LogP contribution is 2.42. The van der Waals surface area contributed by atoms with Crippen molar-refractivity contribution in [1.82, 2.24) is 10.3 Å². The van der Waals surface area contributed by atoms with Gasteiger partial charge in [0, 0.05) is 11.8 Å². The van der Waals surface area contributed by atoms with Crippen molar-refractivity contribution in [2.24, 2.45) is 0 Å². The molecule has 1 aromatic rings. The summed E-state index contributed by atoms with van der Waals surface area (Å²) in [4.78, 5) is 4.11. The number of anilines is 1. The SMILES string of the molecule is Nc1cc2c(cn1)COC21CCNCC1. The lowest BCUT2D eigenvalue weighted by molar-refractivity contribution is -0.0589. The second kappa shape index (κ2) is 3.18. The maximum absolute atomic E-state index is 5.97.